The Morgan fingerprint density at radius 3 is 2.53 bits per heavy atom. The van der Waals surface area contributed by atoms with Crippen LogP contribution in [-0.2, 0) is 0 Å². The minimum Gasteiger partial charge on any atom is -0.382 e. The Kier molecular flexibility index (Phi) is 4.05. The van der Waals surface area contributed by atoms with E-state index in [0.717, 1.165) is 4.90 Å². The molecule has 88 valence electrons. The first kappa shape index (κ1) is 12.8. The van der Waals surface area contributed by atoms with Crippen LogP contribution in [0.2, 0.25) is 15.1 Å². The predicted octanol–water partition coefficient (Wildman–Crippen LogP) is 4.78. The molecular formula is C11H7Cl3N2S. The zero-order valence-corrected chi connectivity index (χ0v) is 11.5. The van der Waals surface area contributed by atoms with Gasteiger partial charge in [0.15, 0.2) is 0 Å². The number of halogens is 3. The van der Waals surface area contributed by atoms with Gasteiger partial charge in [-0.05, 0) is 24.3 Å². The molecule has 1 heterocycles. The zero-order chi connectivity index (χ0) is 12.4. The molecule has 0 aliphatic heterocycles. The molecule has 2 nitrogen and oxygen atoms in total. The number of aromatic nitrogens is 1. The standard InChI is InChI=1S/C11H7Cl3N2S/c12-6-2-1-3-7(4-6)17-11-9(14)5-8(13)10(15)16-11/h1-5H,(H2,15,16). The molecule has 2 aromatic rings. The number of pyridine rings is 1. The molecule has 1 aromatic carbocycles. The minimum atomic E-state index is 0.264. The van der Waals surface area contributed by atoms with Gasteiger partial charge in [0.1, 0.15) is 10.8 Å². The highest BCUT2D eigenvalue weighted by Crippen LogP contribution is 2.35. The van der Waals surface area contributed by atoms with Crippen molar-refractivity contribution in [1.82, 2.24) is 4.98 Å². The second-order valence-electron chi connectivity index (χ2n) is 3.20. The molecule has 0 amide bonds. The van der Waals surface area contributed by atoms with E-state index < -0.39 is 0 Å². The lowest BCUT2D eigenvalue weighted by Crippen LogP contribution is -1.93. The number of rotatable bonds is 2. The summed E-state index contributed by atoms with van der Waals surface area (Å²) in [5.41, 5.74) is 5.63. The normalized spacial score (nSPS) is 10.5. The Balaban J connectivity index is 2.33. The van der Waals surface area contributed by atoms with Gasteiger partial charge in [0.05, 0.1) is 10.0 Å². The van der Waals surface area contributed by atoms with Crippen LogP contribution in [0.25, 0.3) is 0 Å². The lowest BCUT2D eigenvalue weighted by atomic mass is 10.4. The number of nitrogen functional groups attached to an aromatic ring is 1. The number of benzene rings is 1. The first-order chi connectivity index (χ1) is 8.06. The summed E-state index contributed by atoms with van der Waals surface area (Å²) in [7, 11) is 0. The molecule has 0 radical (unpaired) electrons. The maximum atomic E-state index is 6.03. The van der Waals surface area contributed by atoms with E-state index in [-0.39, 0.29) is 5.82 Å². The molecular weight excluding hydrogens is 299 g/mol. The summed E-state index contributed by atoms with van der Waals surface area (Å²) in [6, 6.07) is 8.99. The van der Waals surface area contributed by atoms with Crippen molar-refractivity contribution >= 4 is 52.4 Å². The summed E-state index contributed by atoms with van der Waals surface area (Å²) >= 11 is 19.1. The molecule has 0 aliphatic rings. The number of nitrogens with two attached hydrogens (primary N) is 1. The molecule has 17 heavy (non-hydrogen) atoms. The molecule has 6 heteroatoms. The summed E-state index contributed by atoms with van der Waals surface area (Å²) in [6.45, 7) is 0. The van der Waals surface area contributed by atoms with Gasteiger partial charge in [-0.15, -0.1) is 0 Å². The van der Waals surface area contributed by atoms with Gasteiger partial charge in [0.2, 0.25) is 0 Å². The molecule has 0 saturated heterocycles. The van der Waals surface area contributed by atoms with Crippen LogP contribution in [0.4, 0.5) is 5.82 Å². The third-order valence-electron chi connectivity index (χ3n) is 1.94. The van der Waals surface area contributed by atoms with E-state index in [9.17, 15) is 0 Å². The zero-order valence-electron chi connectivity index (χ0n) is 8.45. The predicted molar refractivity (Wildman–Crippen MR) is 74.2 cm³/mol. The van der Waals surface area contributed by atoms with Gasteiger partial charge in [0, 0.05) is 9.92 Å². The SMILES string of the molecule is Nc1nc(Sc2cccc(Cl)c2)c(Cl)cc1Cl. The van der Waals surface area contributed by atoms with E-state index in [1.807, 2.05) is 18.2 Å². The summed E-state index contributed by atoms with van der Waals surface area (Å²) < 4.78 is 0. The Hall–Kier alpha value is -0.610. The highest BCUT2D eigenvalue weighted by molar-refractivity contribution is 7.99. The van der Waals surface area contributed by atoms with E-state index in [1.54, 1.807) is 12.1 Å². The summed E-state index contributed by atoms with van der Waals surface area (Å²) in [6.07, 6.45) is 0. The van der Waals surface area contributed by atoms with E-state index in [0.29, 0.717) is 20.1 Å². The van der Waals surface area contributed by atoms with Crippen LogP contribution in [0.3, 0.4) is 0 Å². The molecule has 0 saturated carbocycles. The number of hydrogen-bond acceptors (Lipinski definition) is 3. The second-order valence-corrected chi connectivity index (χ2v) is 5.51. The monoisotopic (exact) mass is 304 g/mol. The third kappa shape index (κ3) is 3.19. The fourth-order valence-electron chi connectivity index (χ4n) is 1.18. The average Bonchev–Trinajstić information content (AvgIpc) is 2.26. The van der Waals surface area contributed by atoms with Crippen LogP contribution in [0.15, 0.2) is 40.3 Å². The van der Waals surface area contributed by atoms with Gasteiger partial charge in [-0.3, -0.25) is 0 Å². The number of nitrogens with zero attached hydrogens (tertiary/aromatic N) is 1. The van der Waals surface area contributed by atoms with E-state index in [4.69, 9.17) is 40.5 Å². The van der Waals surface area contributed by atoms with Crippen LogP contribution < -0.4 is 5.73 Å². The first-order valence-corrected chi connectivity index (χ1v) is 6.56. The lowest BCUT2D eigenvalue weighted by molar-refractivity contribution is 1.14. The molecule has 2 rings (SSSR count). The molecule has 0 bridgehead atoms. The summed E-state index contributed by atoms with van der Waals surface area (Å²) in [4.78, 5) is 5.07. The van der Waals surface area contributed by atoms with Gasteiger partial charge in [-0.25, -0.2) is 4.98 Å². The quantitative estimate of drug-likeness (QED) is 0.868. The molecule has 0 unspecified atom stereocenters. The van der Waals surface area contributed by atoms with Crippen LogP contribution in [-0.4, -0.2) is 4.98 Å². The van der Waals surface area contributed by atoms with Crippen LogP contribution >= 0.6 is 46.6 Å². The van der Waals surface area contributed by atoms with Crippen molar-refractivity contribution in [2.24, 2.45) is 0 Å². The van der Waals surface area contributed by atoms with Gasteiger partial charge in [-0.1, -0.05) is 52.6 Å². The van der Waals surface area contributed by atoms with Gasteiger partial charge in [0.25, 0.3) is 0 Å². The topological polar surface area (TPSA) is 38.9 Å². The average molecular weight is 306 g/mol. The highest BCUT2D eigenvalue weighted by atomic mass is 35.5. The van der Waals surface area contributed by atoms with Crippen molar-refractivity contribution in [3.05, 3.63) is 45.4 Å². The minimum absolute atomic E-state index is 0.264. The van der Waals surface area contributed by atoms with Crippen LogP contribution in [0.5, 0.6) is 0 Å². The Labute approximate surface area is 118 Å². The summed E-state index contributed by atoms with van der Waals surface area (Å²) in [5.74, 6) is 0.264. The molecule has 0 atom stereocenters. The van der Waals surface area contributed by atoms with E-state index in [1.165, 1.54) is 11.8 Å². The van der Waals surface area contributed by atoms with Crippen molar-refractivity contribution < 1.29 is 0 Å². The number of anilines is 1. The van der Waals surface area contributed by atoms with Crippen molar-refractivity contribution in [3.8, 4) is 0 Å². The van der Waals surface area contributed by atoms with Crippen molar-refractivity contribution in [1.29, 1.82) is 0 Å². The molecule has 1 aromatic heterocycles. The van der Waals surface area contributed by atoms with E-state index in [2.05, 4.69) is 4.98 Å². The van der Waals surface area contributed by atoms with Gasteiger partial charge in [-0.2, -0.15) is 0 Å². The van der Waals surface area contributed by atoms with Crippen LogP contribution in [0, 0.1) is 0 Å². The van der Waals surface area contributed by atoms with E-state index >= 15 is 0 Å². The maximum Gasteiger partial charge on any atom is 0.143 e. The Morgan fingerprint density at radius 1 is 1.06 bits per heavy atom. The fourth-order valence-corrected chi connectivity index (χ4v) is 2.76. The van der Waals surface area contributed by atoms with Crippen molar-refractivity contribution in [2.75, 3.05) is 5.73 Å². The first-order valence-electron chi connectivity index (χ1n) is 4.61. The molecule has 0 fully saturated rings. The smallest absolute Gasteiger partial charge is 0.143 e. The van der Waals surface area contributed by atoms with Crippen molar-refractivity contribution in [3.63, 3.8) is 0 Å². The fraction of sp³-hybridized carbons (Fsp3) is 0. The maximum absolute atomic E-state index is 6.03. The van der Waals surface area contributed by atoms with Gasteiger partial charge < -0.3 is 5.73 Å². The Bertz CT molecular complexity index is 560. The van der Waals surface area contributed by atoms with Crippen molar-refractivity contribution in [2.45, 2.75) is 9.92 Å². The highest BCUT2D eigenvalue weighted by Gasteiger charge is 2.08. The second kappa shape index (κ2) is 5.36. The van der Waals surface area contributed by atoms with Gasteiger partial charge >= 0.3 is 0 Å². The molecule has 2 N–H and O–H groups in total. The third-order valence-corrected chi connectivity index (χ3v) is 3.87. The largest absolute Gasteiger partial charge is 0.382 e. The lowest BCUT2D eigenvalue weighted by Gasteiger charge is -2.06. The number of hydrogen-bond donors (Lipinski definition) is 1. The molecule has 0 spiro atoms. The Morgan fingerprint density at radius 2 is 1.82 bits per heavy atom. The van der Waals surface area contributed by atoms with Crippen LogP contribution in [0.1, 0.15) is 0 Å². The summed E-state index contributed by atoms with van der Waals surface area (Å²) in [5, 5.41) is 2.09. The molecule has 0 aliphatic carbocycles.